The molecule has 0 radical (unpaired) electrons. The van der Waals surface area contributed by atoms with Gasteiger partial charge in [-0.1, -0.05) is 18.2 Å². The highest BCUT2D eigenvalue weighted by atomic mass is 16.6. The number of nitrogens with one attached hydrogen (secondary N) is 1. The van der Waals surface area contributed by atoms with Crippen LogP contribution in [0.1, 0.15) is 11.1 Å². The van der Waals surface area contributed by atoms with Crippen molar-refractivity contribution in [3.8, 4) is 5.75 Å². The molecule has 108 valence electrons. The van der Waals surface area contributed by atoms with Crippen LogP contribution in [-0.4, -0.2) is 15.9 Å². The summed E-state index contributed by atoms with van der Waals surface area (Å²) in [5.41, 5.74) is 1.56. The van der Waals surface area contributed by atoms with Gasteiger partial charge in [0.1, 0.15) is 5.75 Å². The molecular formula is C15H14N2O4. The Kier molecular flexibility index (Phi) is 4.18. The maximum absolute atomic E-state index is 12.0. The summed E-state index contributed by atoms with van der Waals surface area (Å²) < 4.78 is 0. The number of nitro benzene ring substituents is 1. The van der Waals surface area contributed by atoms with E-state index in [9.17, 15) is 20.0 Å². The average Bonchev–Trinajstić information content (AvgIpc) is 2.42. The number of phenolic OH excluding ortho intramolecular Hbond substituents is 1. The fourth-order valence-electron chi connectivity index (χ4n) is 1.99. The molecular weight excluding hydrogens is 272 g/mol. The lowest BCUT2D eigenvalue weighted by molar-refractivity contribution is -0.385. The van der Waals surface area contributed by atoms with Crippen molar-refractivity contribution in [2.45, 2.75) is 13.3 Å². The molecule has 0 heterocycles. The first-order chi connectivity index (χ1) is 9.97. The molecule has 0 atom stereocenters. The van der Waals surface area contributed by atoms with Crippen molar-refractivity contribution in [1.82, 2.24) is 0 Å². The highest BCUT2D eigenvalue weighted by Gasteiger charge is 2.15. The molecule has 0 saturated heterocycles. The van der Waals surface area contributed by atoms with E-state index in [0.717, 1.165) is 0 Å². The average molecular weight is 286 g/mol. The minimum absolute atomic E-state index is 0.0740. The number of hydrogen-bond donors (Lipinski definition) is 2. The molecule has 2 aromatic carbocycles. The van der Waals surface area contributed by atoms with Gasteiger partial charge in [-0.15, -0.1) is 0 Å². The molecule has 0 saturated carbocycles. The first-order valence-electron chi connectivity index (χ1n) is 6.29. The first kappa shape index (κ1) is 14.5. The van der Waals surface area contributed by atoms with Crippen LogP contribution in [0.5, 0.6) is 5.75 Å². The summed E-state index contributed by atoms with van der Waals surface area (Å²) in [7, 11) is 0. The third-order valence-corrected chi connectivity index (χ3v) is 3.02. The summed E-state index contributed by atoms with van der Waals surface area (Å²) in [6, 6.07) is 10.7. The summed E-state index contributed by atoms with van der Waals surface area (Å²) in [6.45, 7) is 1.75. The molecule has 6 nitrogen and oxygen atoms in total. The number of para-hydroxylation sites is 1. The van der Waals surface area contributed by atoms with Crippen LogP contribution in [0.4, 0.5) is 11.4 Å². The van der Waals surface area contributed by atoms with E-state index in [0.29, 0.717) is 16.8 Å². The Labute approximate surface area is 121 Å². The fraction of sp³-hybridized carbons (Fsp3) is 0.133. The number of rotatable bonds is 4. The molecule has 2 N–H and O–H groups in total. The normalized spacial score (nSPS) is 10.1. The molecule has 0 aromatic heterocycles. The maximum atomic E-state index is 12.0. The lowest BCUT2D eigenvalue weighted by atomic mass is 10.1. The third kappa shape index (κ3) is 3.56. The number of amides is 1. The van der Waals surface area contributed by atoms with Crippen molar-refractivity contribution < 1.29 is 14.8 Å². The molecule has 0 aliphatic carbocycles. The van der Waals surface area contributed by atoms with Crippen LogP contribution < -0.4 is 5.32 Å². The Morgan fingerprint density at radius 1 is 1.29 bits per heavy atom. The van der Waals surface area contributed by atoms with Crippen LogP contribution in [0, 0.1) is 17.0 Å². The summed E-state index contributed by atoms with van der Waals surface area (Å²) in [4.78, 5) is 22.4. The lowest BCUT2D eigenvalue weighted by Gasteiger charge is -2.09. The van der Waals surface area contributed by atoms with Crippen LogP contribution in [0.25, 0.3) is 0 Å². The van der Waals surface area contributed by atoms with Gasteiger partial charge in [0.05, 0.1) is 11.3 Å². The Balaban J connectivity index is 2.14. The number of hydrogen-bond acceptors (Lipinski definition) is 4. The second-order valence-corrected chi connectivity index (χ2v) is 4.61. The van der Waals surface area contributed by atoms with Gasteiger partial charge in [0.25, 0.3) is 5.69 Å². The number of anilines is 1. The Morgan fingerprint density at radius 2 is 2.00 bits per heavy atom. The number of carbonyl (C=O) groups excluding carboxylic acids is 1. The van der Waals surface area contributed by atoms with Crippen LogP contribution in [0.3, 0.4) is 0 Å². The summed E-state index contributed by atoms with van der Waals surface area (Å²) in [6.07, 6.45) is -0.0858. The van der Waals surface area contributed by atoms with E-state index < -0.39 is 4.92 Å². The van der Waals surface area contributed by atoms with E-state index >= 15 is 0 Å². The standard InChI is InChI=1S/C15H14N2O4/c1-10-8-12(18)6-7-13(10)16-15(19)9-11-4-2-3-5-14(11)17(20)21/h2-8,18H,9H2,1H3,(H,16,19). The highest BCUT2D eigenvalue weighted by Crippen LogP contribution is 2.22. The highest BCUT2D eigenvalue weighted by molar-refractivity contribution is 5.93. The minimum atomic E-state index is -0.506. The number of carbonyl (C=O) groups is 1. The largest absolute Gasteiger partial charge is 0.508 e. The summed E-state index contributed by atoms with van der Waals surface area (Å²) >= 11 is 0. The predicted octanol–water partition coefficient (Wildman–Crippen LogP) is 2.79. The second-order valence-electron chi connectivity index (χ2n) is 4.61. The SMILES string of the molecule is Cc1cc(O)ccc1NC(=O)Cc1ccccc1[N+](=O)[O-]. The van der Waals surface area contributed by atoms with Gasteiger partial charge in [0, 0.05) is 17.3 Å². The fourth-order valence-corrected chi connectivity index (χ4v) is 1.99. The van der Waals surface area contributed by atoms with Crippen LogP contribution in [-0.2, 0) is 11.2 Å². The van der Waals surface area contributed by atoms with Crippen molar-refractivity contribution in [3.05, 3.63) is 63.7 Å². The van der Waals surface area contributed by atoms with Gasteiger partial charge in [-0.05, 0) is 30.7 Å². The molecule has 2 rings (SSSR count). The minimum Gasteiger partial charge on any atom is -0.508 e. The van der Waals surface area contributed by atoms with E-state index in [-0.39, 0.29) is 23.8 Å². The van der Waals surface area contributed by atoms with E-state index in [1.807, 2.05) is 0 Å². The van der Waals surface area contributed by atoms with Crippen molar-refractivity contribution in [3.63, 3.8) is 0 Å². The molecule has 1 amide bonds. The van der Waals surface area contributed by atoms with Crippen molar-refractivity contribution >= 4 is 17.3 Å². The van der Waals surface area contributed by atoms with Gasteiger partial charge >= 0.3 is 0 Å². The van der Waals surface area contributed by atoms with Gasteiger partial charge in [0.2, 0.25) is 5.91 Å². The van der Waals surface area contributed by atoms with E-state index in [1.165, 1.54) is 18.2 Å². The number of benzene rings is 2. The van der Waals surface area contributed by atoms with Crippen molar-refractivity contribution in [1.29, 1.82) is 0 Å². The van der Waals surface area contributed by atoms with Crippen molar-refractivity contribution in [2.75, 3.05) is 5.32 Å². The number of nitrogens with zero attached hydrogens (tertiary/aromatic N) is 1. The van der Waals surface area contributed by atoms with Crippen LogP contribution >= 0.6 is 0 Å². The van der Waals surface area contributed by atoms with E-state index in [4.69, 9.17) is 0 Å². The zero-order chi connectivity index (χ0) is 15.4. The maximum Gasteiger partial charge on any atom is 0.273 e. The molecule has 0 spiro atoms. The van der Waals surface area contributed by atoms with Gasteiger partial charge < -0.3 is 10.4 Å². The van der Waals surface area contributed by atoms with Crippen LogP contribution in [0.15, 0.2) is 42.5 Å². The Morgan fingerprint density at radius 3 is 2.67 bits per heavy atom. The quantitative estimate of drug-likeness (QED) is 0.513. The molecule has 21 heavy (non-hydrogen) atoms. The monoisotopic (exact) mass is 286 g/mol. The Hall–Kier alpha value is -2.89. The van der Waals surface area contributed by atoms with Gasteiger partial charge in [-0.2, -0.15) is 0 Å². The zero-order valence-electron chi connectivity index (χ0n) is 11.4. The molecule has 6 heteroatoms. The number of phenols is 1. The van der Waals surface area contributed by atoms with E-state index in [2.05, 4.69) is 5.32 Å². The topological polar surface area (TPSA) is 92.5 Å². The third-order valence-electron chi connectivity index (χ3n) is 3.02. The number of aromatic hydroxyl groups is 1. The Bertz CT molecular complexity index is 698. The second kappa shape index (κ2) is 6.04. The molecule has 0 aliphatic heterocycles. The summed E-state index contributed by atoms with van der Waals surface area (Å²) in [5, 5.41) is 22.9. The predicted molar refractivity (Wildman–Crippen MR) is 78.3 cm³/mol. The lowest BCUT2D eigenvalue weighted by Crippen LogP contribution is -2.15. The number of aryl methyl sites for hydroxylation is 1. The molecule has 0 bridgehead atoms. The summed E-state index contributed by atoms with van der Waals surface area (Å²) in [5.74, 6) is -0.234. The first-order valence-corrected chi connectivity index (χ1v) is 6.29. The van der Waals surface area contributed by atoms with Gasteiger partial charge in [0.15, 0.2) is 0 Å². The van der Waals surface area contributed by atoms with Crippen molar-refractivity contribution in [2.24, 2.45) is 0 Å². The van der Waals surface area contributed by atoms with Crippen LogP contribution in [0.2, 0.25) is 0 Å². The van der Waals surface area contributed by atoms with E-state index in [1.54, 1.807) is 31.2 Å². The number of nitro groups is 1. The molecule has 0 aliphatic rings. The molecule has 0 fully saturated rings. The smallest absolute Gasteiger partial charge is 0.273 e. The molecule has 2 aromatic rings. The van der Waals surface area contributed by atoms with Gasteiger partial charge in [-0.3, -0.25) is 14.9 Å². The zero-order valence-corrected chi connectivity index (χ0v) is 11.4. The van der Waals surface area contributed by atoms with Gasteiger partial charge in [-0.25, -0.2) is 0 Å². The molecule has 0 unspecified atom stereocenters.